The molecule has 2 aromatic carbocycles. The fourth-order valence-corrected chi connectivity index (χ4v) is 5.57. The van der Waals surface area contributed by atoms with Gasteiger partial charge in [0.25, 0.3) is 5.91 Å². The molecule has 15 heteroatoms. The normalized spacial score (nSPS) is 17.8. The van der Waals surface area contributed by atoms with E-state index in [0.29, 0.717) is 56.3 Å². The van der Waals surface area contributed by atoms with Gasteiger partial charge < -0.3 is 25.5 Å². The molecule has 2 saturated heterocycles. The number of alkyl halides is 3. The van der Waals surface area contributed by atoms with Gasteiger partial charge >= 0.3 is 12.3 Å². The average Bonchev–Trinajstić information content (AvgIpc) is 2.97. The van der Waals surface area contributed by atoms with Crippen LogP contribution in [0.15, 0.2) is 30.3 Å². The number of carbonyl (C=O) groups is 3. The molecule has 9 nitrogen and oxygen atoms in total. The van der Waals surface area contributed by atoms with Crippen LogP contribution in [0.1, 0.15) is 48.0 Å². The highest BCUT2D eigenvalue weighted by atomic mass is 35.5. The minimum Gasteiger partial charge on any atom is -0.465 e. The lowest BCUT2D eigenvalue weighted by Gasteiger charge is -2.37. The van der Waals surface area contributed by atoms with Gasteiger partial charge in [0.05, 0.1) is 23.4 Å². The van der Waals surface area contributed by atoms with Crippen molar-refractivity contribution in [2.24, 2.45) is 0 Å². The van der Waals surface area contributed by atoms with E-state index in [1.165, 1.54) is 23.1 Å². The summed E-state index contributed by atoms with van der Waals surface area (Å²) in [5.41, 5.74) is -0.0187. The first-order valence-electron chi connectivity index (χ1n) is 14.2. The number of carboxylic acid groups (broad SMARTS) is 1. The summed E-state index contributed by atoms with van der Waals surface area (Å²) in [5, 5.41) is 14.7. The molecule has 2 heterocycles. The Morgan fingerprint density at radius 2 is 1.70 bits per heavy atom. The Labute approximate surface area is 255 Å². The van der Waals surface area contributed by atoms with E-state index in [2.05, 4.69) is 10.6 Å². The van der Waals surface area contributed by atoms with Gasteiger partial charge in [0, 0.05) is 68.9 Å². The number of benzene rings is 2. The molecule has 1 atom stereocenters. The quantitative estimate of drug-likeness (QED) is 0.312. The Bertz CT molecular complexity index is 1370. The van der Waals surface area contributed by atoms with E-state index < -0.39 is 53.7 Å². The number of nitrogens with one attached hydrogen (secondary N) is 2. The Morgan fingerprint density at radius 3 is 2.39 bits per heavy atom. The van der Waals surface area contributed by atoms with Gasteiger partial charge in [-0.2, -0.15) is 13.2 Å². The molecule has 2 fully saturated rings. The van der Waals surface area contributed by atoms with Crippen molar-refractivity contribution in [1.82, 2.24) is 15.1 Å². The van der Waals surface area contributed by atoms with Crippen LogP contribution in [0.25, 0.3) is 0 Å². The molecule has 3 amide bonds. The SMILES string of the molecule is O=C(CC1CCCCN1C(=O)O)NCc1ccc(C(=O)Nc2ccc(Cl)cc2N2CCN(CCC(F)(F)F)CC2)c(F)c1F. The van der Waals surface area contributed by atoms with E-state index in [-0.39, 0.29) is 30.8 Å². The third-order valence-corrected chi connectivity index (χ3v) is 8.04. The maximum absolute atomic E-state index is 15.0. The minimum absolute atomic E-state index is 0.108. The van der Waals surface area contributed by atoms with Crippen LogP contribution in [0, 0.1) is 11.6 Å². The van der Waals surface area contributed by atoms with E-state index in [4.69, 9.17) is 11.6 Å². The molecule has 0 saturated carbocycles. The van der Waals surface area contributed by atoms with Crippen molar-refractivity contribution in [1.29, 1.82) is 0 Å². The molecule has 0 bridgehead atoms. The molecule has 3 N–H and O–H groups in total. The van der Waals surface area contributed by atoms with Crippen LogP contribution < -0.4 is 15.5 Å². The molecule has 44 heavy (non-hydrogen) atoms. The zero-order valence-corrected chi connectivity index (χ0v) is 24.5. The topological polar surface area (TPSA) is 105 Å². The Morgan fingerprint density at radius 1 is 0.977 bits per heavy atom. The zero-order chi connectivity index (χ0) is 32.0. The predicted octanol–water partition coefficient (Wildman–Crippen LogP) is 5.48. The molecule has 0 spiro atoms. The average molecular weight is 646 g/mol. The van der Waals surface area contributed by atoms with Crippen LogP contribution in [0.5, 0.6) is 0 Å². The Kier molecular flexibility index (Phi) is 10.9. The van der Waals surface area contributed by atoms with Crippen LogP contribution in [0.4, 0.5) is 38.1 Å². The van der Waals surface area contributed by atoms with Gasteiger partial charge in [-0.25, -0.2) is 13.6 Å². The number of hydrogen-bond donors (Lipinski definition) is 3. The van der Waals surface area contributed by atoms with Crippen LogP contribution in [-0.4, -0.2) is 84.3 Å². The summed E-state index contributed by atoms with van der Waals surface area (Å²) < 4.78 is 67.8. The van der Waals surface area contributed by atoms with Crippen molar-refractivity contribution in [3.05, 3.63) is 58.1 Å². The van der Waals surface area contributed by atoms with Crippen LogP contribution >= 0.6 is 11.6 Å². The van der Waals surface area contributed by atoms with Crippen molar-refractivity contribution in [2.45, 2.75) is 50.9 Å². The molecule has 0 aliphatic carbocycles. The maximum Gasteiger partial charge on any atom is 0.407 e. The minimum atomic E-state index is -4.25. The standard InChI is InChI=1S/C29H33ClF5N5O4/c30-19-5-7-22(23(15-19)39-13-11-38(12-14-39)10-8-29(33,34)35)37-27(42)21-6-4-18(25(31)26(21)32)17-36-24(41)16-20-3-1-2-9-40(20)28(43)44/h4-7,15,20H,1-3,8-14,16-17H2,(H,36,41)(H,37,42)(H,43,44). The van der Waals surface area contributed by atoms with E-state index >= 15 is 4.39 Å². The summed E-state index contributed by atoms with van der Waals surface area (Å²) in [6, 6.07) is 6.37. The second-order valence-corrected chi connectivity index (χ2v) is 11.3. The van der Waals surface area contributed by atoms with Gasteiger partial charge in [0.2, 0.25) is 5.91 Å². The first-order chi connectivity index (χ1) is 20.8. The molecule has 2 aromatic rings. The van der Waals surface area contributed by atoms with Crippen LogP contribution in [0.3, 0.4) is 0 Å². The summed E-state index contributed by atoms with van der Waals surface area (Å²) in [5.74, 6) is -4.17. The molecule has 240 valence electrons. The molecular weight excluding hydrogens is 613 g/mol. The number of hydrogen-bond acceptors (Lipinski definition) is 5. The van der Waals surface area contributed by atoms with Gasteiger partial charge in [-0.3, -0.25) is 14.5 Å². The number of piperidine rings is 1. The summed E-state index contributed by atoms with van der Waals surface area (Å²) in [6.45, 7) is 1.28. The van der Waals surface area contributed by atoms with E-state index in [9.17, 15) is 37.1 Å². The first kappa shape index (κ1) is 33.2. The monoisotopic (exact) mass is 645 g/mol. The van der Waals surface area contributed by atoms with E-state index in [1.807, 2.05) is 4.90 Å². The third-order valence-electron chi connectivity index (χ3n) is 7.81. The first-order valence-corrected chi connectivity index (χ1v) is 14.6. The van der Waals surface area contributed by atoms with Gasteiger partial charge in [0.15, 0.2) is 11.6 Å². The number of nitrogens with zero attached hydrogens (tertiary/aromatic N) is 3. The third kappa shape index (κ3) is 8.72. The lowest BCUT2D eigenvalue weighted by atomic mass is 9.99. The molecule has 4 rings (SSSR count). The second kappa shape index (κ2) is 14.4. The van der Waals surface area contributed by atoms with Crippen LogP contribution in [0.2, 0.25) is 5.02 Å². The summed E-state index contributed by atoms with van der Waals surface area (Å²) in [6.07, 6.45) is -4.36. The van der Waals surface area contributed by atoms with Gasteiger partial charge in [-0.1, -0.05) is 17.7 Å². The number of piperazine rings is 1. The summed E-state index contributed by atoms with van der Waals surface area (Å²) >= 11 is 6.17. The molecule has 1 unspecified atom stereocenters. The van der Waals surface area contributed by atoms with E-state index in [0.717, 1.165) is 12.5 Å². The number of anilines is 2. The molecular formula is C29H33ClF5N5O4. The fraction of sp³-hybridized carbons (Fsp3) is 0.483. The zero-order valence-electron chi connectivity index (χ0n) is 23.7. The molecule has 0 radical (unpaired) electrons. The number of halogens is 6. The summed E-state index contributed by atoms with van der Waals surface area (Å²) in [4.78, 5) is 41.6. The largest absolute Gasteiger partial charge is 0.465 e. The number of likely N-dealkylation sites (tertiary alicyclic amines) is 1. The Hall–Kier alpha value is -3.65. The lowest BCUT2D eigenvalue weighted by Crippen LogP contribution is -2.47. The second-order valence-electron chi connectivity index (χ2n) is 10.8. The fourth-order valence-electron chi connectivity index (χ4n) is 5.40. The molecule has 0 aromatic heterocycles. The number of rotatable bonds is 9. The van der Waals surface area contributed by atoms with Crippen molar-refractivity contribution in [2.75, 3.05) is 49.5 Å². The van der Waals surface area contributed by atoms with Crippen LogP contribution in [-0.2, 0) is 11.3 Å². The highest BCUT2D eigenvalue weighted by Gasteiger charge is 2.30. The highest BCUT2D eigenvalue weighted by Crippen LogP contribution is 2.31. The van der Waals surface area contributed by atoms with Crippen molar-refractivity contribution in [3.8, 4) is 0 Å². The molecule has 2 aliphatic heterocycles. The van der Waals surface area contributed by atoms with Crippen molar-refractivity contribution < 1.29 is 41.4 Å². The van der Waals surface area contributed by atoms with Gasteiger partial charge in [0.1, 0.15) is 0 Å². The maximum atomic E-state index is 15.0. The van der Waals surface area contributed by atoms with E-state index in [1.54, 1.807) is 11.0 Å². The lowest BCUT2D eigenvalue weighted by molar-refractivity contribution is -0.138. The smallest absolute Gasteiger partial charge is 0.407 e. The van der Waals surface area contributed by atoms with Gasteiger partial charge in [-0.15, -0.1) is 0 Å². The predicted molar refractivity (Wildman–Crippen MR) is 154 cm³/mol. The molecule has 2 aliphatic rings. The van der Waals surface area contributed by atoms with Gasteiger partial charge in [-0.05, 0) is 43.5 Å². The number of carbonyl (C=O) groups excluding carboxylic acids is 2. The van der Waals surface area contributed by atoms with Crippen molar-refractivity contribution >= 4 is 40.9 Å². The van der Waals surface area contributed by atoms with Crippen molar-refractivity contribution in [3.63, 3.8) is 0 Å². The Balaban J connectivity index is 1.38. The highest BCUT2D eigenvalue weighted by molar-refractivity contribution is 6.31. The number of amides is 3. The summed E-state index contributed by atoms with van der Waals surface area (Å²) in [7, 11) is 0.